The normalized spacial score (nSPS) is 9.00. The highest BCUT2D eigenvalue weighted by Crippen LogP contribution is 1.92. The molecule has 0 saturated heterocycles. The lowest BCUT2D eigenvalue weighted by molar-refractivity contribution is 0.531. The lowest BCUT2D eigenvalue weighted by atomic mass is 10.2. The number of rotatable bonds is 3. The van der Waals surface area contributed by atoms with Gasteiger partial charge in [0.2, 0.25) is 0 Å². The van der Waals surface area contributed by atoms with E-state index in [-0.39, 0.29) is 6.15 Å². The molecule has 0 aromatic rings. The van der Waals surface area contributed by atoms with Crippen LogP contribution in [0.3, 0.4) is 0 Å². The van der Waals surface area contributed by atoms with Crippen LogP contribution in [0.5, 0.6) is 0 Å². The molecule has 0 aliphatic carbocycles. The van der Waals surface area contributed by atoms with Gasteiger partial charge in [-0.1, -0.05) is 13.8 Å². The smallest absolute Gasteiger partial charge is 0.00588 e. The van der Waals surface area contributed by atoms with Crippen molar-refractivity contribution >= 4 is 0 Å². The molecule has 0 aliphatic heterocycles. The third-order valence-corrected chi connectivity index (χ3v) is 1.39. The highest BCUT2D eigenvalue weighted by atomic mass is 14.9. The fourth-order valence-electron chi connectivity index (χ4n) is 0.697. The van der Waals surface area contributed by atoms with Crippen LogP contribution in [-0.2, 0) is 0 Å². The fourth-order valence-corrected chi connectivity index (χ4v) is 0.697. The van der Waals surface area contributed by atoms with Crippen LogP contribution in [0.1, 0.15) is 26.7 Å². The monoisotopic (exact) mass is 118 g/mol. The molecule has 0 unspecified atom stereocenters. The maximum absolute atomic E-state index is 3.20. The SMILES string of the molecule is CCC(CC)NC.N. The van der Waals surface area contributed by atoms with Crippen molar-refractivity contribution < 1.29 is 0 Å². The second kappa shape index (κ2) is 6.92. The van der Waals surface area contributed by atoms with E-state index < -0.39 is 0 Å². The van der Waals surface area contributed by atoms with Gasteiger partial charge in [-0.05, 0) is 19.9 Å². The molecule has 0 aliphatic rings. The number of nitrogens with one attached hydrogen (secondary N) is 1. The van der Waals surface area contributed by atoms with Gasteiger partial charge in [0.25, 0.3) is 0 Å². The van der Waals surface area contributed by atoms with Crippen LogP contribution < -0.4 is 11.5 Å². The second-order valence-corrected chi connectivity index (χ2v) is 1.80. The second-order valence-electron chi connectivity index (χ2n) is 1.80. The Kier molecular flexibility index (Phi) is 9.36. The minimum atomic E-state index is 0. The molecule has 0 rings (SSSR count). The third-order valence-electron chi connectivity index (χ3n) is 1.39. The van der Waals surface area contributed by atoms with Gasteiger partial charge in [-0.3, -0.25) is 0 Å². The van der Waals surface area contributed by atoms with E-state index in [0.717, 1.165) is 6.04 Å². The van der Waals surface area contributed by atoms with Crippen LogP contribution in [0.2, 0.25) is 0 Å². The Balaban J connectivity index is 0. The van der Waals surface area contributed by atoms with Crippen molar-refractivity contribution in [1.82, 2.24) is 11.5 Å². The summed E-state index contributed by atoms with van der Waals surface area (Å²) in [4.78, 5) is 0. The van der Waals surface area contributed by atoms with Gasteiger partial charge in [0, 0.05) is 6.04 Å². The average molecular weight is 118 g/mol. The van der Waals surface area contributed by atoms with E-state index in [9.17, 15) is 0 Å². The summed E-state index contributed by atoms with van der Waals surface area (Å²) < 4.78 is 0. The van der Waals surface area contributed by atoms with Crippen LogP contribution in [0.25, 0.3) is 0 Å². The molecule has 8 heavy (non-hydrogen) atoms. The summed E-state index contributed by atoms with van der Waals surface area (Å²) >= 11 is 0. The molecule has 0 aromatic carbocycles. The summed E-state index contributed by atoms with van der Waals surface area (Å²) in [6.45, 7) is 4.40. The van der Waals surface area contributed by atoms with Crippen LogP contribution >= 0.6 is 0 Å². The lowest BCUT2D eigenvalue weighted by Gasteiger charge is -2.08. The quantitative estimate of drug-likeness (QED) is 0.590. The zero-order valence-corrected chi connectivity index (χ0v) is 6.20. The summed E-state index contributed by atoms with van der Waals surface area (Å²) in [6.07, 6.45) is 2.49. The van der Waals surface area contributed by atoms with Crippen molar-refractivity contribution in [2.45, 2.75) is 32.7 Å². The predicted molar refractivity (Wildman–Crippen MR) is 38.5 cm³/mol. The summed E-state index contributed by atoms with van der Waals surface area (Å²) in [5.41, 5.74) is 0. The van der Waals surface area contributed by atoms with E-state index in [1.165, 1.54) is 12.8 Å². The largest absolute Gasteiger partial charge is 0.344 e. The molecule has 0 atom stereocenters. The van der Waals surface area contributed by atoms with Crippen molar-refractivity contribution in [2.24, 2.45) is 0 Å². The van der Waals surface area contributed by atoms with E-state index in [2.05, 4.69) is 19.2 Å². The first-order valence-corrected chi connectivity index (χ1v) is 3.02. The van der Waals surface area contributed by atoms with Crippen LogP contribution in [0.15, 0.2) is 0 Å². The minimum Gasteiger partial charge on any atom is -0.344 e. The summed E-state index contributed by atoms with van der Waals surface area (Å²) in [5.74, 6) is 0. The Hall–Kier alpha value is -0.0800. The van der Waals surface area contributed by atoms with Crippen LogP contribution in [-0.4, -0.2) is 13.1 Å². The molecule has 2 heteroatoms. The maximum atomic E-state index is 3.20. The Morgan fingerprint density at radius 3 is 1.62 bits per heavy atom. The summed E-state index contributed by atoms with van der Waals surface area (Å²) in [7, 11) is 2.01. The van der Waals surface area contributed by atoms with E-state index >= 15 is 0 Å². The van der Waals surface area contributed by atoms with Gasteiger partial charge in [-0.25, -0.2) is 0 Å². The van der Waals surface area contributed by atoms with E-state index in [1.807, 2.05) is 7.05 Å². The zero-order valence-electron chi connectivity index (χ0n) is 6.20. The van der Waals surface area contributed by atoms with Gasteiger partial charge in [0.15, 0.2) is 0 Å². The molecular weight excluding hydrogens is 100 g/mol. The molecule has 0 bridgehead atoms. The van der Waals surface area contributed by atoms with Gasteiger partial charge in [-0.2, -0.15) is 0 Å². The third kappa shape index (κ3) is 4.09. The average Bonchev–Trinajstić information content (AvgIpc) is 1.72. The van der Waals surface area contributed by atoms with Gasteiger partial charge < -0.3 is 11.5 Å². The standard InChI is InChI=1S/C6H15N.H3N/c1-4-6(5-2)7-3;/h6-7H,4-5H2,1-3H3;1H3. The van der Waals surface area contributed by atoms with Crippen molar-refractivity contribution in [3.05, 3.63) is 0 Å². The highest BCUT2D eigenvalue weighted by molar-refractivity contribution is 4.56. The van der Waals surface area contributed by atoms with E-state index in [0.29, 0.717) is 0 Å². The molecule has 4 N–H and O–H groups in total. The molecule has 0 radical (unpaired) electrons. The Morgan fingerprint density at radius 2 is 1.62 bits per heavy atom. The lowest BCUT2D eigenvalue weighted by Crippen LogP contribution is -2.22. The van der Waals surface area contributed by atoms with Gasteiger partial charge in [0.05, 0.1) is 0 Å². The molecule has 0 aromatic heterocycles. The molecular formula is C6H18N2. The minimum absolute atomic E-state index is 0. The molecule has 0 fully saturated rings. The van der Waals surface area contributed by atoms with E-state index in [1.54, 1.807) is 0 Å². The fraction of sp³-hybridized carbons (Fsp3) is 1.00. The van der Waals surface area contributed by atoms with Crippen LogP contribution in [0, 0.1) is 0 Å². The Bertz CT molecular complexity index is 28.0. The van der Waals surface area contributed by atoms with E-state index in [4.69, 9.17) is 0 Å². The zero-order chi connectivity index (χ0) is 5.70. The van der Waals surface area contributed by atoms with Crippen LogP contribution in [0.4, 0.5) is 0 Å². The first kappa shape index (κ1) is 10.8. The molecule has 0 spiro atoms. The van der Waals surface area contributed by atoms with Gasteiger partial charge >= 0.3 is 0 Å². The molecule has 2 nitrogen and oxygen atoms in total. The first-order valence-electron chi connectivity index (χ1n) is 3.02. The number of hydrogen-bond acceptors (Lipinski definition) is 2. The topological polar surface area (TPSA) is 47.0 Å². The maximum Gasteiger partial charge on any atom is 0.00588 e. The molecule has 0 heterocycles. The molecule has 0 amide bonds. The number of hydrogen-bond donors (Lipinski definition) is 2. The summed E-state index contributed by atoms with van der Waals surface area (Å²) in [6, 6.07) is 0.736. The van der Waals surface area contributed by atoms with Crippen molar-refractivity contribution in [1.29, 1.82) is 0 Å². The van der Waals surface area contributed by atoms with Crippen molar-refractivity contribution in [2.75, 3.05) is 7.05 Å². The van der Waals surface area contributed by atoms with Gasteiger partial charge in [-0.15, -0.1) is 0 Å². The molecule has 52 valence electrons. The predicted octanol–water partition coefficient (Wildman–Crippen LogP) is 1.56. The molecule has 0 saturated carbocycles. The highest BCUT2D eigenvalue weighted by Gasteiger charge is 1.94. The summed E-state index contributed by atoms with van der Waals surface area (Å²) in [5, 5.41) is 3.20. The Morgan fingerprint density at radius 1 is 1.25 bits per heavy atom. The first-order chi connectivity index (χ1) is 3.35. The van der Waals surface area contributed by atoms with Crippen molar-refractivity contribution in [3.8, 4) is 0 Å². The van der Waals surface area contributed by atoms with Crippen molar-refractivity contribution in [3.63, 3.8) is 0 Å². The van der Waals surface area contributed by atoms with Gasteiger partial charge in [0.1, 0.15) is 0 Å². The Labute approximate surface area is 52.2 Å².